The fourth-order valence-corrected chi connectivity index (χ4v) is 4.45. The first-order chi connectivity index (χ1) is 11.4. The Morgan fingerprint density at radius 1 is 1.38 bits per heavy atom. The number of hydrogen-bond donors (Lipinski definition) is 2. The molecular weight excluding hydrogens is 346 g/mol. The monoisotopic (exact) mass is 371 g/mol. The number of thioether (sulfide) groups is 1. The van der Waals surface area contributed by atoms with Gasteiger partial charge in [-0.25, -0.2) is 17.5 Å². The molecule has 1 aliphatic rings. The fourth-order valence-electron chi connectivity index (χ4n) is 2.75. The molecule has 1 aromatic rings. The maximum absolute atomic E-state index is 12.1. The van der Waals surface area contributed by atoms with Crippen molar-refractivity contribution in [3.63, 3.8) is 0 Å². The second-order valence-electron chi connectivity index (χ2n) is 5.89. The lowest BCUT2D eigenvalue weighted by Gasteiger charge is -2.30. The Morgan fingerprint density at radius 3 is 2.83 bits per heavy atom. The normalized spacial score (nSPS) is 19.0. The van der Waals surface area contributed by atoms with Crippen molar-refractivity contribution in [1.29, 1.82) is 0 Å². The zero-order valence-corrected chi connectivity index (χ0v) is 15.8. The number of hydrogen-bond acceptors (Lipinski definition) is 4. The van der Waals surface area contributed by atoms with Crippen LogP contribution in [0.5, 0.6) is 0 Å². The molecule has 1 fully saturated rings. The van der Waals surface area contributed by atoms with Crippen LogP contribution in [0, 0.1) is 5.92 Å². The summed E-state index contributed by atoms with van der Waals surface area (Å²) in [5.74, 6) is 1.09. The molecule has 1 aromatic carbocycles. The van der Waals surface area contributed by atoms with E-state index in [1.807, 2.05) is 24.3 Å². The number of urea groups is 1. The van der Waals surface area contributed by atoms with Crippen LogP contribution in [0.2, 0.25) is 0 Å². The minimum absolute atomic E-state index is 0.152. The topological polar surface area (TPSA) is 78.5 Å². The summed E-state index contributed by atoms with van der Waals surface area (Å²) in [4.78, 5) is 13.2. The average Bonchev–Trinajstić information content (AvgIpc) is 2.54. The third-order valence-electron chi connectivity index (χ3n) is 3.94. The van der Waals surface area contributed by atoms with Gasteiger partial charge in [-0.2, -0.15) is 0 Å². The molecule has 1 aliphatic heterocycles. The zero-order valence-electron chi connectivity index (χ0n) is 14.1. The molecule has 0 radical (unpaired) electrons. The average molecular weight is 372 g/mol. The minimum atomic E-state index is -3.16. The number of rotatable bonds is 6. The van der Waals surface area contributed by atoms with Gasteiger partial charge in [-0.1, -0.05) is 19.1 Å². The summed E-state index contributed by atoms with van der Waals surface area (Å²) >= 11 is 1.68. The van der Waals surface area contributed by atoms with E-state index in [-0.39, 0.29) is 11.9 Å². The van der Waals surface area contributed by atoms with E-state index >= 15 is 0 Å². The molecule has 0 bridgehead atoms. The van der Waals surface area contributed by atoms with Crippen molar-refractivity contribution < 1.29 is 13.2 Å². The number of sulfonamides is 1. The van der Waals surface area contributed by atoms with Crippen LogP contribution in [0.4, 0.5) is 10.5 Å². The Balaban J connectivity index is 1.85. The molecule has 1 atom stereocenters. The van der Waals surface area contributed by atoms with E-state index < -0.39 is 10.0 Å². The van der Waals surface area contributed by atoms with E-state index in [0.29, 0.717) is 19.6 Å². The van der Waals surface area contributed by atoms with Crippen molar-refractivity contribution in [2.75, 3.05) is 37.0 Å². The first-order valence-corrected chi connectivity index (χ1v) is 11.0. The summed E-state index contributed by atoms with van der Waals surface area (Å²) in [7, 11) is -3.16. The maximum atomic E-state index is 12.1. The molecule has 1 heterocycles. The molecule has 0 saturated carbocycles. The van der Waals surface area contributed by atoms with Gasteiger partial charge in [0.05, 0.1) is 11.9 Å². The first-order valence-electron chi connectivity index (χ1n) is 8.12. The molecular formula is C16H25N3O3S2. The van der Waals surface area contributed by atoms with Crippen LogP contribution in [0.3, 0.4) is 0 Å². The SMILES string of the molecule is CCSc1ccccc1NC(=O)NCC1CCCN(S(C)(=O)=O)C1. The predicted octanol–water partition coefficient (Wildman–Crippen LogP) is 2.59. The lowest BCUT2D eigenvalue weighted by Crippen LogP contribution is -2.43. The van der Waals surface area contributed by atoms with E-state index in [4.69, 9.17) is 0 Å². The van der Waals surface area contributed by atoms with Crippen LogP contribution in [-0.4, -0.2) is 50.4 Å². The van der Waals surface area contributed by atoms with Crippen LogP contribution in [0.1, 0.15) is 19.8 Å². The van der Waals surface area contributed by atoms with E-state index in [1.165, 1.54) is 10.6 Å². The number of carbonyl (C=O) groups is 1. The molecule has 1 saturated heterocycles. The Bertz CT molecular complexity index is 664. The highest BCUT2D eigenvalue weighted by atomic mass is 32.2. The highest BCUT2D eigenvalue weighted by molar-refractivity contribution is 7.99. The van der Waals surface area contributed by atoms with Gasteiger partial charge in [0.2, 0.25) is 10.0 Å². The number of nitrogens with one attached hydrogen (secondary N) is 2. The van der Waals surface area contributed by atoms with Crippen LogP contribution in [0.25, 0.3) is 0 Å². The van der Waals surface area contributed by atoms with Gasteiger partial charge < -0.3 is 10.6 Å². The number of benzene rings is 1. The quantitative estimate of drug-likeness (QED) is 0.754. The number of carbonyl (C=O) groups excluding carboxylic acids is 1. The summed E-state index contributed by atoms with van der Waals surface area (Å²) < 4.78 is 24.8. The highest BCUT2D eigenvalue weighted by Gasteiger charge is 2.26. The largest absolute Gasteiger partial charge is 0.338 e. The Kier molecular flexibility index (Phi) is 6.94. The Hall–Kier alpha value is -1.25. The smallest absolute Gasteiger partial charge is 0.319 e. The standard InChI is InChI=1S/C16H25N3O3S2/c1-3-23-15-9-5-4-8-14(15)18-16(20)17-11-13-7-6-10-19(12-13)24(2,21)22/h4-5,8-9,13H,3,6-7,10-12H2,1-2H3,(H2,17,18,20). The number of para-hydroxylation sites is 1. The maximum Gasteiger partial charge on any atom is 0.319 e. The molecule has 2 rings (SSSR count). The zero-order chi connectivity index (χ0) is 17.6. The summed E-state index contributed by atoms with van der Waals surface area (Å²) in [6.45, 7) is 3.59. The number of anilines is 1. The van der Waals surface area contributed by atoms with Gasteiger partial charge in [0.1, 0.15) is 0 Å². The van der Waals surface area contributed by atoms with Crippen LogP contribution in [-0.2, 0) is 10.0 Å². The fraction of sp³-hybridized carbons (Fsp3) is 0.562. The Labute approximate surface area is 148 Å². The predicted molar refractivity (Wildman–Crippen MR) is 99.0 cm³/mol. The Morgan fingerprint density at radius 2 is 2.12 bits per heavy atom. The van der Waals surface area contributed by atoms with Crippen molar-refractivity contribution in [1.82, 2.24) is 9.62 Å². The molecule has 2 amide bonds. The molecule has 8 heteroatoms. The summed E-state index contributed by atoms with van der Waals surface area (Å²) in [6, 6.07) is 7.44. The third-order valence-corrected chi connectivity index (χ3v) is 6.16. The molecule has 24 heavy (non-hydrogen) atoms. The van der Waals surface area contributed by atoms with Crippen molar-refractivity contribution in [2.24, 2.45) is 5.92 Å². The van der Waals surface area contributed by atoms with Crippen molar-refractivity contribution in [2.45, 2.75) is 24.7 Å². The molecule has 1 unspecified atom stereocenters. The lowest BCUT2D eigenvalue weighted by molar-refractivity contribution is 0.239. The van der Waals surface area contributed by atoms with E-state index in [2.05, 4.69) is 17.6 Å². The second-order valence-corrected chi connectivity index (χ2v) is 9.18. The summed E-state index contributed by atoms with van der Waals surface area (Å²) in [5.41, 5.74) is 0.795. The van der Waals surface area contributed by atoms with Crippen LogP contribution < -0.4 is 10.6 Å². The summed E-state index contributed by atoms with van der Waals surface area (Å²) in [5, 5.41) is 5.74. The molecule has 0 aromatic heterocycles. The van der Waals surface area contributed by atoms with Crippen molar-refractivity contribution in [3.8, 4) is 0 Å². The number of piperidine rings is 1. The molecule has 2 N–H and O–H groups in total. The third kappa shape index (κ3) is 5.68. The second kappa shape index (κ2) is 8.73. The van der Waals surface area contributed by atoms with Gasteiger partial charge in [0.25, 0.3) is 0 Å². The molecule has 134 valence electrons. The van der Waals surface area contributed by atoms with Crippen molar-refractivity contribution in [3.05, 3.63) is 24.3 Å². The molecule has 0 spiro atoms. The molecule has 0 aliphatic carbocycles. The van der Waals surface area contributed by atoms with Crippen LogP contribution >= 0.6 is 11.8 Å². The minimum Gasteiger partial charge on any atom is -0.338 e. The van der Waals surface area contributed by atoms with Gasteiger partial charge in [-0.15, -0.1) is 11.8 Å². The van der Waals surface area contributed by atoms with Gasteiger partial charge in [-0.05, 0) is 36.6 Å². The number of amides is 2. The summed E-state index contributed by atoms with van der Waals surface area (Å²) in [6.07, 6.45) is 2.99. The molecule has 6 nitrogen and oxygen atoms in total. The number of nitrogens with zero attached hydrogens (tertiary/aromatic N) is 1. The van der Waals surface area contributed by atoms with Gasteiger partial charge in [0, 0.05) is 24.5 Å². The van der Waals surface area contributed by atoms with Gasteiger partial charge >= 0.3 is 6.03 Å². The first kappa shape index (κ1) is 19.1. The van der Waals surface area contributed by atoms with E-state index in [1.54, 1.807) is 11.8 Å². The van der Waals surface area contributed by atoms with E-state index in [9.17, 15) is 13.2 Å². The van der Waals surface area contributed by atoms with E-state index in [0.717, 1.165) is 29.2 Å². The van der Waals surface area contributed by atoms with Gasteiger partial charge in [0.15, 0.2) is 0 Å². The van der Waals surface area contributed by atoms with Crippen molar-refractivity contribution >= 4 is 33.5 Å². The van der Waals surface area contributed by atoms with Crippen LogP contribution in [0.15, 0.2) is 29.2 Å². The highest BCUT2D eigenvalue weighted by Crippen LogP contribution is 2.26. The van der Waals surface area contributed by atoms with Gasteiger partial charge in [-0.3, -0.25) is 0 Å². The lowest BCUT2D eigenvalue weighted by atomic mass is 10.00.